The van der Waals surface area contributed by atoms with E-state index in [-0.39, 0.29) is 0 Å². The van der Waals surface area contributed by atoms with Crippen molar-refractivity contribution in [3.63, 3.8) is 0 Å². The van der Waals surface area contributed by atoms with Crippen LogP contribution in [0, 0.1) is 0 Å². The molecule has 0 saturated heterocycles. The molecule has 0 amide bonds. The van der Waals surface area contributed by atoms with Gasteiger partial charge in [-0.15, -0.1) is 0 Å². The third-order valence-corrected chi connectivity index (χ3v) is 10.8. The molecular weight excluding hydrogens is 471 g/mol. The summed E-state index contributed by atoms with van der Waals surface area (Å²) in [7, 11) is 0. The third kappa shape index (κ3) is 8.71. The monoisotopic (exact) mass is 474 g/mol. The van der Waals surface area contributed by atoms with Crippen LogP contribution < -0.4 is 0 Å². The maximum atomic E-state index is 3.53. The van der Waals surface area contributed by atoms with E-state index >= 15 is 0 Å². The predicted octanol–water partition coefficient (Wildman–Crippen LogP) is 3.50. The topological polar surface area (TPSA) is 0 Å². The summed E-state index contributed by atoms with van der Waals surface area (Å²) >= 11 is 12.2. The fraction of sp³-hybridized carbons (Fsp3) is 1.00. The molecule has 0 heterocycles. The Balaban J connectivity index is 3.15. The molecule has 0 N–H and O–H groups in total. The van der Waals surface area contributed by atoms with Crippen LogP contribution in [0.2, 0.25) is 4.47 Å². The number of alkyl halides is 1. The molecule has 0 saturated carbocycles. The van der Waals surface area contributed by atoms with Gasteiger partial charge in [-0.2, -0.15) is 0 Å². The molecule has 0 rings (SSSR count). The zero-order valence-corrected chi connectivity index (χ0v) is 12.0. The van der Waals surface area contributed by atoms with E-state index < -0.39 is 11.6 Å². The van der Waals surface area contributed by atoms with Gasteiger partial charge in [0.25, 0.3) is 0 Å². The van der Waals surface area contributed by atoms with Crippen molar-refractivity contribution in [3.8, 4) is 0 Å². The molecule has 0 aliphatic carbocycles. The van der Waals surface area contributed by atoms with Crippen LogP contribution in [-0.2, 0) is 0 Å². The summed E-state index contributed by atoms with van der Waals surface area (Å²) in [5, 5.41) is 1.07. The second kappa shape index (κ2) is 4.51. The van der Waals surface area contributed by atoms with E-state index in [1.54, 1.807) is 0 Å². The zero-order chi connectivity index (χ0) is 5.91. The van der Waals surface area contributed by atoms with Crippen molar-refractivity contribution in [2.24, 2.45) is 0 Å². The van der Waals surface area contributed by atoms with E-state index in [2.05, 4.69) is 54.2 Å². The first kappa shape index (κ1) is 9.71. The van der Waals surface area contributed by atoms with Gasteiger partial charge in [0.15, 0.2) is 0 Å². The van der Waals surface area contributed by atoms with Gasteiger partial charge in [0.2, 0.25) is 0 Å². The molecule has 0 unspecified atom stereocenters. The number of hydrogen-bond donors (Lipinski definition) is 0. The first-order valence-electron chi connectivity index (χ1n) is 1.52. The number of halogens is 4. The van der Waals surface area contributed by atoms with Gasteiger partial charge >= 0.3 is 75.6 Å². The Kier molecular flexibility index (Phi) is 6.26. The zero-order valence-electron chi connectivity index (χ0n) is 3.33. The van der Waals surface area contributed by atoms with Gasteiger partial charge < -0.3 is 0 Å². The second-order valence-electron chi connectivity index (χ2n) is 0.895. The molecule has 0 aromatic heterocycles. The number of rotatable bonds is 2. The van der Waals surface area contributed by atoms with Crippen LogP contribution in [0.5, 0.6) is 0 Å². The van der Waals surface area contributed by atoms with Crippen LogP contribution in [0.25, 0.3) is 0 Å². The van der Waals surface area contributed by atoms with Crippen molar-refractivity contribution in [1.29, 1.82) is 0 Å². The number of hydrogen-bond acceptors (Lipinski definition) is 0. The molecule has 0 aliphatic rings. The first-order chi connectivity index (χ1) is 3.06. The molecule has 0 bridgehead atoms. The Morgan fingerprint density at radius 2 is 1.57 bits per heavy atom. The molecule has 46 valence electrons. The summed E-state index contributed by atoms with van der Waals surface area (Å²) in [4.78, 5) is 0. The molecule has 0 aliphatic heterocycles. The van der Waals surface area contributed by atoms with Gasteiger partial charge in [0.1, 0.15) is 0 Å². The summed E-state index contributed by atoms with van der Waals surface area (Å²) in [6, 6.07) is 0. The molecule has 7 heavy (non-hydrogen) atoms. The van der Waals surface area contributed by atoms with E-state index in [1.807, 2.05) is 0 Å². The van der Waals surface area contributed by atoms with Crippen LogP contribution in [-0.4, -0.2) is 16.9 Å². The normalized spacial score (nSPS) is 14.3. The molecule has 0 radical (unpaired) electrons. The minimum absolute atomic E-state index is 1.07. The van der Waals surface area contributed by atoms with E-state index in [4.69, 9.17) is 0 Å². The van der Waals surface area contributed by atoms with E-state index in [9.17, 15) is 0 Å². The van der Waals surface area contributed by atoms with E-state index in [0.29, 0.717) is 0 Å². The Hall–Kier alpha value is 2.71. The summed E-state index contributed by atoms with van der Waals surface area (Å²) in [5.74, 6) is 0. The molecule has 0 nitrogen and oxygen atoms in total. The molecule has 0 aromatic carbocycles. The minimum atomic E-state index is -1.71. The van der Waals surface area contributed by atoms with Crippen molar-refractivity contribution in [2.75, 3.05) is 5.33 Å². The van der Waals surface area contributed by atoms with Crippen molar-refractivity contribution >= 4 is 65.8 Å². The molecule has 0 fully saturated rings. The molecule has 0 spiro atoms. The molecular formula is C2H4Br4Te. The quantitative estimate of drug-likeness (QED) is 0.424. The van der Waals surface area contributed by atoms with Gasteiger partial charge in [0.05, 0.1) is 0 Å². The Morgan fingerprint density at radius 3 is 1.57 bits per heavy atom. The second-order valence-corrected chi connectivity index (χ2v) is 45.5. The predicted molar refractivity (Wildman–Crippen MR) is 51.1 cm³/mol. The van der Waals surface area contributed by atoms with Gasteiger partial charge in [0, 0.05) is 0 Å². The standard InChI is InChI=1S/C2H4Br4Te/c3-1-2-7(4,5)6/h1-2H2. The van der Waals surface area contributed by atoms with E-state index in [0.717, 1.165) is 5.33 Å². The third-order valence-electron chi connectivity index (χ3n) is 0.309. The van der Waals surface area contributed by atoms with E-state index in [1.165, 1.54) is 4.47 Å². The Bertz CT molecular complexity index is 48.1. The van der Waals surface area contributed by atoms with Crippen molar-refractivity contribution < 1.29 is 0 Å². The average molecular weight is 475 g/mol. The summed E-state index contributed by atoms with van der Waals surface area (Å²) in [5.41, 5.74) is 0. The van der Waals surface area contributed by atoms with Crippen LogP contribution in [0.3, 0.4) is 0 Å². The summed E-state index contributed by atoms with van der Waals surface area (Å²) in [6.45, 7) is 0. The summed E-state index contributed by atoms with van der Waals surface area (Å²) in [6.07, 6.45) is 0. The Morgan fingerprint density at radius 1 is 1.14 bits per heavy atom. The van der Waals surface area contributed by atoms with Crippen LogP contribution in [0.1, 0.15) is 0 Å². The molecule has 0 atom stereocenters. The van der Waals surface area contributed by atoms with Crippen LogP contribution in [0.15, 0.2) is 0 Å². The SMILES string of the molecule is BrCC[Te](Br)(Br)Br. The molecule has 0 aromatic rings. The van der Waals surface area contributed by atoms with Crippen molar-refractivity contribution in [3.05, 3.63) is 0 Å². The van der Waals surface area contributed by atoms with Crippen LogP contribution >= 0.6 is 54.2 Å². The van der Waals surface area contributed by atoms with Gasteiger partial charge in [-0.05, 0) is 0 Å². The van der Waals surface area contributed by atoms with Crippen LogP contribution in [0.4, 0.5) is 0 Å². The van der Waals surface area contributed by atoms with Gasteiger partial charge in [-0.3, -0.25) is 0 Å². The maximum absolute atomic E-state index is 3.53. The van der Waals surface area contributed by atoms with Crippen molar-refractivity contribution in [1.82, 2.24) is 0 Å². The summed E-state index contributed by atoms with van der Waals surface area (Å²) < 4.78 is 1.20. The van der Waals surface area contributed by atoms with Gasteiger partial charge in [-0.1, -0.05) is 0 Å². The fourth-order valence-corrected chi connectivity index (χ4v) is 15.8. The Labute approximate surface area is 74.1 Å². The first-order valence-corrected chi connectivity index (χ1v) is 20.0. The average Bonchev–Trinajstić information content (AvgIpc) is 1.30. The fourth-order valence-electron chi connectivity index (χ4n) is 0.0875. The molecule has 5 heteroatoms. The van der Waals surface area contributed by atoms with Crippen molar-refractivity contribution in [2.45, 2.75) is 4.47 Å². The van der Waals surface area contributed by atoms with Gasteiger partial charge in [-0.25, -0.2) is 0 Å².